The maximum Gasteiger partial charge on any atom is 0.262 e. The number of hydrogen-bond acceptors (Lipinski definition) is 5. The van der Waals surface area contributed by atoms with Gasteiger partial charge in [-0.05, 0) is 44.7 Å². The third-order valence-corrected chi connectivity index (χ3v) is 6.31. The number of anilines is 1. The molecule has 1 fully saturated rings. The third kappa shape index (κ3) is 1.84. The zero-order valence-electron chi connectivity index (χ0n) is 15.3. The highest BCUT2D eigenvalue weighted by molar-refractivity contribution is 6.21. The molecule has 136 valence electrons. The predicted octanol–water partition coefficient (Wildman–Crippen LogP) is 2.10. The number of Topliss-reactive ketones (excluding diaryl/α,β-unsaturated/α-hetero) is 2. The van der Waals surface area contributed by atoms with Gasteiger partial charge in [-0.1, -0.05) is 12.1 Å². The fourth-order valence-electron chi connectivity index (χ4n) is 5.12. The van der Waals surface area contributed by atoms with Crippen molar-refractivity contribution in [3.63, 3.8) is 0 Å². The van der Waals surface area contributed by atoms with Crippen LogP contribution in [0.1, 0.15) is 36.7 Å². The summed E-state index contributed by atoms with van der Waals surface area (Å²) < 4.78 is 0. The third-order valence-electron chi connectivity index (χ3n) is 6.31. The van der Waals surface area contributed by atoms with Crippen LogP contribution < -0.4 is 5.32 Å². The summed E-state index contributed by atoms with van der Waals surface area (Å²) in [5.74, 6) is -1.92. The number of carbonyl (C=O) groups is 3. The van der Waals surface area contributed by atoms with Crippen LogP contribution in [0.5, 0.6) is 0 Å². The molecule has 4 rings (SSSR count). The number of hydrogen-bond donors (Lipinski definition) is 2. The summed E-state index contributed by atoms with van der Waals surface area (Å²) in [5, 5.41) is 13.8. The van der Waals surface area contributed by atoms with Gasteiger partial charge in [-0.15, -0.1) is 0 Å². The molecule has 2 aliphatic heterocycles. The number of carbonyl (C=O) groups excluding carboxylic acids is 3. The number of ketones is 2. The lowest BCUT2D eigenvalue weighted by Gasteiger charge is -2.37. The van der Waals surface area contributed by atoms with E-state index in [-0.39, 0.29) is 23.0 Å². The first-order valence-corrected chi connectivity index (χ1v) is 8.83. The lowest BCUT2D eigenvalue weighted by Crippen LogP contribution is -2.47. The van der Waals surface area contributed by atoms with Gasteiger partial charge < -0.3 is 15.3 Å². The highest BCUT2D eigenvalue weighted by Gasteiger charge is 2.64. The Hall–Kier alpha value is -2.63. The van der Waals surface area contributed by atoms with Crippen molar-refractivity contribution in [1.29, 1.82) is 0 Å². The number of fused-ring (bicyclic) bond motifs is 4. The number of aliphatic hydroxyl groups excluding tert-OH is 1. The molecule has 6 nitrogen and oxygen atoms in total. The van der Waals surface area contributed by atoms with Crippen LogP contribution in [0, 0.1) is 11.8 Å². The molecule has 2 N–H and O–H groups in total. The molecule has 3 atom stereocenters. The quantitative estimate of drug-likeness (QED) is 0.795. The van der Waals surface area contributed by atoms with Gasteiger partial charge >= 0.3 is 0 Å². The van der Waals surface area contributed by atoms with E-state index >= 15 is 0 Å². The molecule has 0 saturated carbocycles. The van der Waals surface area contributed by atoms with Crippen molar-refractivity contribution in [1.82, 2.24) is 4.90 Å². The van der Waals surface area contributed by atoms with Crippen molar-refractivity contribution < 1.29 is 19.5 Å². The first kappa shape index (κ1) is 16.8. The maximum atomic E-state index is 13.4. The molecule has 3 unspecified atom stereocenters. The van der Waals surface area contributed by atoms with Gasteiger partial charge in [0.25, 0.3) is 5.91 Å². The maximum absolute atomic E-state index is 13.4. The Morgan fingerprint density at radius 1 is 1.31 bits per heavy atom. The molecule has 1 aliphatic carbocycles. The number of nitrogens with zero attached hydrogens (tertiary/aromatic N) is 1. The normalized spacial score (nSPS) is 28.8. The van der Waals surface area contributed by atoms with E-state index in [9.17, 15) is 19.5 Å². The molecule has 1 amide bonds. The Labute approximate surface area is 151 Å². The van der Waals surface area contributed by atoms with Gasteiger partial charge in [0.1, 0.15) is 17.4 Å². The van der Waals surface area contributed by atoms with Gasteiger partial charge in [-0.2, -0.15) is 0 Å². The second-order valence-corrected chi connectivity index (χ2v) is 7.88. The van der Waals surface area contributed by atoms with Gasteiger partial charge in [0.2, 0.25) is 0 Å². The topological polar surface area (TPSA) is 86.7 Å². The van der Waals surface area contributed by atoms with E-state index in [1.165, 1.54) is 6.92 Å². The molecule has 0 aromatic heterocycles. The van der Waals surface area contributed by atoms with Crippen molar-refractivity contribution in [2.45, 2.75) is 38.8 Å². The van der Waals surface area contributed by atoms with E-state index in [4.69, 9.17) is 0 Å². The van der Waals surface area contributed by atoms with Crippen LogP contribution in [-0.4, -0.2) is 46.1 Å². The Kier molecular flexibility index (Phi) is 3.36. The van der Waals surface area contributed by atoms with E-state index in [0.717, 1.165) is 11.3 Å². The zero-order valence-corrected chi connectivity index (χ0v) is 15.3. The van der Waals surface area contributed by atoms with Crippen molar-refractivity contribution in [3.05, 3.63) is 40.7 Å². The Morgan fingerprint density at radius 3 is 2.62 bits per heavy atom. The van der Waals surface area contributed by atoms with Gasteiger partial charge in [-0.25, -0.2) is 0 Å². The Bertz CT molecular complexity index is 899. The van der Waals surface area contributed by atoms with Crippen LogP contribution in [0.4, 0.5) is 5.69 Å². The molecule has 0 radical (unpaired) electrons. The van der Waals surface area contributed by atoms with Crippen molar-refractivity contribution in [2.75, 3.05) is 12.4 Å². The lowest BCUT2D eigenvalue weighted by molar-refractivity contribution is -0.132. The number of rotatable bonds is 2. The van der Waals surface area contributed by atoms with E-state index in [1.54, 1.807) is 11.9 Å². The lowest BCUT2D eigenvalue weighted by atomic mass is 9.68. The predicted molar refractivity (Wildman–Crippen MR) is 96.1 cm³/mol. The molecule has 1 aromatic rings. The number of amides is 1. The van der Waals surface area contributed by atoms with Crippen molar-refractivity contribution in [3.8, 4) is 0 Å². The van der Waals surface area contributed by atoms with Crippen molar-refractivity contribution >= 4 is 23.2 Å². The number of benzene rings is 1. The van der Waals surface area contributed by atoms with Crippen LogP contribution in [0.2, 0.25) is 0 Å². The summed E-state index contributed by atoms with van der Waals surface area (Å²) in [7, 11) is 1.77. The number of aliphatic hydroxyl groups is 1. The molecule has 1 aromatic carbocycles. The molecular weight excluding hydrogens is 332 g/mol. The first-order chi connectivity index (χ1) is 12.2. The van der Waals surface area contributed by atoms with Gasteiger partial charge in [0, 0.05) is 23.8 Å². The molecule has 0 spiro atoms. The minimum absolute atomic E-state index is 0.0778. The SMILES string of the molecule is CNc1cccc2c1C(=O)C1C3C(O)=C(C(C)=O)C(=O)N3C(C)(C)C1C2. The standard InChI is InChI=1S/C20H22N2O4/c1-9(23)13-18(25)16-15-11(20(2,3)22(16)19(13)26)8-10-6-5-7-12(21-4)14(10)17(15)24/h5-7,11,15-16,21,25H,8H2,1-4H3. The minimum Gasteiger partial charge on any atom is -0.509 e. The van der Waals surface area contributed by atoms with Gasteiger partial charge in [0.15, 0.2) is 11.6 Å². The smallest absolute Gasteiger partial charge is 0.262 e. The molecule has 26 heavy (non-hydrogen) atoms. The second-order valence-electron chi connectivity index (χ2n) is 7.88. The Morgan fingerprint density at radius 2 is 2.00 bits per heavy atom. The summed E-state index contributed by atoms with van der Waals surface area (Å²) in [6.45, 7) is 5.10. The molecule has 6 heteroatoms. The van der Waals surface area contributed by atoms with E-state index < -0.39 is 29.2 Å². The average Bonchev–Trinajstić information content (AvgIpc) is 2.98. The fourth-order valence-corrected chi connectivity index (χ4v) is 5.12. The summed E-state index contributed by atoms with van der Waals surface area (Å²) in [5.41, 5.74) is 1.52. The highest BCUT2D eigenvalue weighted by Crippen LogP contribution is 2.54. The summed E-state index contributed by atoms with van der Waals surface area (Å²) >= 11 is 0. The van der Waals surface area contributed by atoms with Crippen LogP contribution in [0.3, 0.4) is 0 Å². The molecule has 2 heterocycles. The van der Waals surface area contributed by atoms with Crippen LogP contribution in [-0.2, 0) is 16.0 Å². The van der Waals surface area contributed by atoms with Crippen LogP contribution in [0.25, 0.3) is 0 Å². The van der Waals surface area contributed by atoms with E-state index in [0.29, 0.717) is 12.0 Å². The second kappa shape index (κ2) is 5.19. The van der Waals surface area contributed by atoms with Crippen LogP contribution in [0.15, 0.2) is 29.5 Å². The summed E-state index contributed by atoms with van der Waals surface area (Å²) in [4.78, 5) is 39.7. The average molecular weight is 354 g/mol. The fraction of sp³-hybridized carbons (Fsp3) is 0.450. The zero-order chi connectivity index (χ0) is 19.0. The largest absolute Gasteiger partial charge is 0.509 e. The first-order valence-electron chi connectivity index (χ1n) is 8.83. The van der Waals surface area contributed by atoms with Crippen molar-refractivity contribution in [2.24, 2.45) is 11.8 Å². The summed E-state index contributed by atoms with van der Waals surface area (Å²) in [6, 6.07) is 4.96. The van der Waals surface area contributed by atoms with Gasteiger partial charge in [-0.3, -0.25) is 14.4 Å². The molecule has 1 saturated heterocycles. The summed E-state index contributed by atoms with van der Waals surface area (Å²) in [6.07, 6.45) is 0.650. The Balaban J connectivity index is 1.91. The molecular formula is C20H22N2O4. The monoisotopic (exact) mass is 354 g/mol. The minimum atomic E-state index is -0.757. The van der Waals surface area contributed by atoms with E-state index in [1.807, 2.05) is 32.0 Å². The molecule has 3 aliphatic rings. The van der Waals surface area contributed by atoms with E-state index in [2.05, 4.69) is 5.32 Å². The highest BCUT2D eigenvalue weighted by atomic mass is 16.3. The number of nitrogens with one attached hydrogen (secondary N) is 1. The van der Waals surface area contributed by atoms with Crippen LogP contribution >= 0.6 is 0 Å². The van der Waals surface area contributed by atoms with Gasteiger partial charge in [0.05, 0.1) is 5.92 Å². The molecule has 0 bridgehead atoms.